The fourth-order valence-corrected chi connectivity index (χ4v) is 3.61. The summed E-state index contributed by atoms with van der Waals surface area (Å²) >= 11 is 0. The highest BCUT2D eigenvalue weighted by Crippen LogP contribution is 2.27. The minimum atomic E-state index is -3.24. The third-order valence-corrected chi connectivity index (χ3v) is 5.29. The topological polar surface area (TPSA) is 61.2 Å². The predicted molar refractivity (Wildman–Crippen MR) is 54.0 cm³/mol. The van der Waals surface area contributed by atoms with E-state index >= 15 is 0 Å². The van der Waals surface area contributed by atoms with Crippen molar-refractivity contribution in [1.82, 2.24) is 4.31 Å². The van der Waals surface area contributed by atoms with E-state index in [1.807, 2.05) is 6.07 Å². The first-order chi connectivity index (χ1) is 6.50. The van der Waals surface area contributed by atoms with Crippen molar-refractivity contribution >= 4 is 10.0 Å². The lowest BCUT2D eigenvalue weighted by atomic mass is 10.4. The second-order valence-corrected chi connectivity index (χ2v) is 6.05. The quantitative estimate of drug-likeness (QED) is 0.709. The Hall–Kier alpha value is -0.600. The molecule has 1 rings (SSSR count). The smallest absolute Gasteiger partial charge is 0.212 e. The number of hydrogen-bond donors (Lipinski definition) is 0. The van der Waals surface area contributed by atoms with Gasteiger partial charge in [-0.2, -0.15) is 9.57 Å². The van der Waals surface area contributed by atoms with Gasteiger partial charge in [-0.05, 0) is 19.8 Å². The highest BCUT2D eigenvalue weighted by Gasteiger charge is 2.34. The van der Waals surface area contributed by atoms with Crippen molar-refractivity contribution in [1.29, 1.82) is 5.26 Å². The molecular formula is C9H16N2O2S. The van der Waals surface area contributed by atoms with Gasteiger partial charge in [0.25, 0.3) is 0 Å². The summed E-state index contributed by atoms with van der Waals surface area (Å²) in [7, 11) is -1.75. The molecule has 1 aliphatic carbocycles. The third-order valence-electron chi connectivity index (χ3n) is 2.86. The van der Waals surface area contributed by atoms with E-state index in [1.54, 1.807) is 6.92 Å². The van der Waals surface area contributed by atoms with Crippen molar-refractivity contribution in [2.45, 2.75) is 43.9 Å². The molecule has 1 fully saturated rings. The van der Waals surface area contributed by atoms with Crippen LogP contribution in [-0.2, 0) is 10.0 Å². The van der Waals surface area contributed by atoms with E-state index in [2.05, 4.69) is 0 Å². The van der Waals surface area contributed by atoms with Crippen LogP contribution in [0.1, 0.15) is 32.6 Å². The molecule has 0 saturated heterocycles. The van der Waals surface area contributed by atoms with Crippen LogP contribution < -0.4 is 0 Å². The maximum absolute atomic E-state index is 11.9. The van der Waals surface area contributed by atoms with Crippen molar-refractivity contribution in [3.63, 3.8) is 0 Å². The number of sulfonamides is 1. The molecule has 1 aliphatic rings. The van der Waals surface area contributed by atoms with Crippen LogP contribution in [0.15, 0.2) is 0 Å². The van der Waals surface area contributed by atoms with Crippen molar-refractivity contribution in [2.24, 2.45) is 0 Å². The maximum atomic E-state index is 11.9. The number of rotatable bonds is 3. The molecule has 0 N–H and O–H groups in total. The van der Waals surface area contributed by atoms with Crippen molar-refractivity contribution < 1.29 is 8.42 Å². The standard InChI is InChI=1S/C9H16N2O2S/c1-8(7-10)11(2)14(12,13)9-5-3-4-6-9/h8-9H,3-6H2,1-2H3. The van der Waals surface area contributed by atoms with E-state index < -0.39 is 16.1 Å². The van der Waals surface area contributed by atoms with Gasteiger partial charge in [0.1, 0.15) is 6.04 Å². The van der Waals surface area contributed by atoms with Crippen molar-refractivity contribution in [3.8, 4) is 6.07 Å². The molecule has 0 bridgehead atoms. The van der Waals surface area contributed by atoms with Crippen LogP contribution in [0.5, 0.6) is 0 Å². The van der Waals surface area contributed by atoms with Crippen LogP contribution >= 0.6 is 0 Å². The van der Waals surface area contributed by atoms with E-state index in [0.717, 1.165) is 25.7 Å². The summed E-state index contributed by atoms with van der Waals surface area (Å²) in [5.74, 6) is 0. The summed E-state index contributed by atoms with van der Waals surface area (Å²) in [6, 6.07) is 1.37. The van der Waals surface area contributed by atoms with Gasteiger partial charge >= 0.3 is 0 Å². The van der Waals surface area contributed by atoms with Crippen LogP contribution in [0.25, 0.3) is 0 Å². The summed E-state index contributed by atoms with van der Waals surface area (Å²) in [5, 5.41) is 8.39. The second-order valence-electron chi connectivity index (χ2n) is 3.77. The van der Waals surface area contributed by atoms with Crippen LogP contribution in [0.2, 0.25) is 0 Å². The van der Waals surface area contributed by atoms with E-state index in [-0.39, 0.29) is 5.25 Å². The van der Waals surface area contributed by atoms with Gasteiger partial charge in [0.2, 0.25) is 10.0 Å². The van der Waals surface area contributed by atoms with E-state index in [4.69, 9.17) is 5.26 Å². The molecular weight excluding hydrogens is 200 g/mol. The van der Waals surface area contributed by atoms with Gasteiger partial charge in [0, 0.05) is 7.05 Å². The summed E-state index contributed by atoms with van der Waals surface area (Å²) in [4.78, 5) is 0. The molecule has 5 heteroatoms. The van der Waals surface area contributed by atoms with Gasteiger partial charge in [-0.15, -0.1) is 0 Å². The Morgan fingerprint density at radius 3 is 2.36 bits per heavy atom. The highest BCUT2D eigenvalue weighted by atomic mass is 32.2. The van der Waals surface area contributed by atoms with Crippen LogP contribution in [0, 0.1) is 11.3 Å². The van der Waals surface area contributed by atoms with Gasteiger partial charge < -0.3 is 0 Å². The molecule has 1 atom stereocenters. The fourth-order valence-electron chi connectivity index (χ4n) is 1.72. The van der Waals surface area contributed by atoms with Crippen LogP contribution in [0.3, 0.4) is 0 Å². The average Bonchev–Trinajstić information content (AvgIpc) is 2.68. The Bertz CT molecular complexity index is 325. The Morgan fingerprint density at radius 1 is 1.43 bits per heavy atom. The zero-order valence-corrected chi connectivity index (χ0v) is 9.42. The molecule has 80 valence electrons. The van der Waals surface area contributed by atoms with Gasteiger partial charge in [0.15, 0.2) is 0 Å². The molecule has 0 amide bonds. The number of hydrogen-bond acceptors (Lipinski definition) is 3. The molecule has 1 unspecified atom stereocenters. The van der Waals surface area contributed by atoms with Crippen LogP contribution in [0.4, 0.5) is 0 Å². The van der Waals surface area contributed by atoms with E-state index in [9.17, 15) is 8.42 Å². The van der Waals surface area contributed by atoms with Crippen molar-refractivity contribution in [3.05, 3.63) is 0 Å². The lowest BCUT2D eigenvalue weighted by Gasteiger charge is -2.22. The molecule has 0 aromatic carbocycles. The molecule has 0 radical (unpaired) electrons. The molecule has 0 heterocycles. The average molecular weight is 216 g/mol. The van der Waals surface area contributed by atoms with Crippen LogP contribution in [-0.4, -0.2) is 31.1 Å². The minimum absolute atomic E-state index is 0.261. The summed E-state index contributed by atoms with van der Waals surface area (Å²) in [5.41, 5.74) is 0. The third kappa shape index (κ3) is 2.07. The van der Waals surface area contributed by atoms with Gasteiger partial charge in [0.05, 0.1) is 11.3 Å². The zero-order chi connectivity index (χ0) is 10.8. The Kier molecular flexibility index (Phi) is 3.51. The van der Waals surface area contributed by atoms with Crippen molar-refractivity contribution in [2.75, 3.05) is 7.05 Å². The Morgan fingerprint density at radius 2 is 1.93 bits per heavy atom. The van der Waals surface area contributed by atoms with Gasteiger partial charge in [-0.3, -0.25) is 0 Å². The zero-order valence-electron chi connectivity index (χ0n) is 8.60. The molecule has 4 nitrogen and oxygen atoms in total. The number of nitriles is 1. The maximum Gasteiger partial charge on any atom is 0.217 e. The molecule has 0 spiro atoms. The van der Waals surface area contributed by atoms with Gasteiger partial charge in [-0.1, -0.05) is 12.8 Å². The van der Waals surface area contributed by atoms with Gasteiger partial charge in [-0.25, -0.2) is 8.42 Å². The first-order valence-corrected chi connectivity index (χ1v) is 6.37. The fraction of sp³-hybridized carbons (Fsp3) is 0.889. The van der Waals surface area contributed by atoms with E-state index in [1.165, 1.54) is 11.4 Å². The normalized spacial score (nSPS) is 21.0. The highest BCUT2D eigenvalue weighted by molar-refractivity contribution is 7.89. The first kappa shape index (κ1) is 11.5. The number of nitrogens with zero attached hydrogens (tertiary/aromatic N) is 2. The minimum Gasteiger partial charge on any atom is -0.212 e. The first-order valence-electron chi connectivity index (χ1n) is 4.86. The Balaban J connectivity index is 2.79. The SMILES string of the molecule is CC(C#N)N(C)S(=O)(=O)C1CCCC1. The second kappa shape index (κ2) is 4.28. The monoisotopic (exact) mass is 216 g/mol. The molecule has 14 heavy (non-hydrogen) atoms. The lowest BCUT2D eigenvalue weighted by molar-refractivity contribution is 0.432. The largest absolute Gasteiger partial charge is 0.217 e. The summed E-state index contributed by atoms with van der Waals surface area (Å²) < 4.78 is 25.0. The molecule has 0 aromatic rings. The molecule has 1 saturated carbocycles. The summed E-state index contributed by atoms with van der Waals surface area (Å²) in [6.45, 7) is 1.60. The van der Waals surface area contributed by atoms with E-state index in [0.29, 0.717) is 0 Å². The Labute approximate surface area is 85.6 Å². The summed E-state index contributed by atoms with van der Waals surface area (Å²) in [6.07, 6.45) is 3.45. The molecule has 0 aliphatic heterocycles. The predicted octanol–water partition coefficient (Wildman–Crippen LogP) is 1.10. The lowest BCUT2D eigenvalue weighted by Crippen LogP contribution is -2.39. The molecule has 0 aromatic heterocycles.